The highest BCUT2D eigenvalue weighted by Crippen LogP contribution is 2.32. The van der Waals surface area contributed by atoms with Crippen molar-refractivity contribution in [2.75, 3.05) is 46.4 Å². The number of amides is 3. The second-order valence-electron chi connectivity index (χ2n) is 9.74. The Bertz CT molecular complexity index is 1140. The van der Waals surface area contributed by atoms with E-state index in [9.17, 15) is 14.4 Å². The van der Waals surface area contributed by atoms with Gasteiger partial charge in [0.1, 0.15) is 0 Å². The van der Waals surface area contributed by atoms with Crippen molar-refractivity contribution in [2.24, 2.45) is 0 Å². The number of likely N-dealkylation sites (N-methyl/N-ethyl adjacent to an activating group) is 1. The van der Waals surface area contributed by atoms with Crippen LogP contribution in [0.1, 0.15) is 60.0 Å². The number of nitrogens with zero attached hydrogens (tertiary/aromatic N) is 3. The normalized spacial score (nSPS) is 19.2. The minimum Gasteiger partial charge on any atom is -0.463 e. The summed E-state index contributed by atoms with van der Waals surface area (Å²) in [6, 6.07) is 10.9. The number of carbonyl (C=O) groups excluding carboxylic acids is 3. The maximum atomic E-state index is 13.3. The second kappa shape index (κ2) is 11.9. The molecule has 0 saturated carbocycles. The molecule has 0 aliphatic carbocycles. The van der Waals surface area contributed by atoms with Gasteiger partial charge in [0, 0.05) is 45.5 Å². The van der Waals surface area contributed by atoms with Gasteiger partial charge in [-0.05, 0) is 41.8 Å². The number of hydrogen-bond donors (Lipinski definition) is 1. The first-order valence-corrected chi connectivity index (χ1v) is 13.8. The molecular weight excluding hydrogens is 488 g/mol. The van der Waals surface area contributed by atoms with Gasteiger partial charge in [0.15, 0.2) is 0 Å². The molecule has 1 aromatic heterocycles. The number of hydrogen-bond acceptors (Lipinski definition) is 6. The van der Waals surface area contributed by atoms with E-state index in [1.807, 2.05) is 46.7 Å². The lowest BCUT2D eigenvalue weighted by molar-refractivity contribution is -0.139. The van der Waals surface area contributed by atoms with E-state index in [0.29, 0.717) is 43.4 Å². The van der Waals surface area contributed by atoms with Crippen molar-refractivity contribution in [3.05, 3.63) is 69.1 Å². The fourth-order valence-corrected chi connectivity index (χ4v) is 5.51. The van der Waals surface area contributed by atoms with Crippen LogP contribution < -0.4 is 5.32 Å². The Hall–Kier alpha value is -3.17. The third-order valence-corrected chi connectivity index (χ3v) is 7.85. The highest BCUT2D eigenvalue weighted by Gasteiger charge is 2.37. The number of benzene rings is 1. The molecule has 3 heterocycles. The maximum Gasteiger partial charge on any atom is 0.338 e. The van der Waals surface area contributed by atoms with Crippen LogP contribution in [0.15, 0.2) is 53.0 Å². The average Bonchev–Trinajstić information content (AvgIpc) is 3.33. The topological polar surface area (TPSA) is 82.2 Å². The molecule has 8 nitrogen and oxygen atoms in total. The monoisotopic (exact) mass is 524 g/mol. The number of nitrogens with one attached hydrogen (secondary N) is 1. The molecule has 1 atom stereocenters. The molecule has 1 aromatic carbocycles. The molecule has 1 fully saturated rings. The van der Waals surface area contributed by atoms with Gasteiger partial charge in [0.25, 0.3) is 5.91 Å². The van der Waals surface area contributed by atoms with Gasteiger partial charge in [-0.3, -0.25) is 14.6 Å². The minimum atomic E-state index is -0.595. The zero-order chi connectivity index (χ0) is 26.5. The molecule has 2 aromatic rings. The summed E-state index contributed by atoms with van der Waals surface area (Å²) in [5.74, 6) is 0.0139. The Labute approximate surface area is 222 Å². The van der Waals surface area contributed by atoms with Gasteiger partial charge in [0.2, 0.25) is 0 Å². The van der Waals surface area contributed by atoms with E-state index < -0.39 is 12.0 Å². The van der Waals surface area contributed by atoms with Crippen molar-refractivity contribution < 1.29 is 19.1 Å². The van der Waals surface area contributed by atoms with Crippen LogP contribution in [-0.4, -0.2) is 79.0 Å². The van der Waals surface area contributed by atoms with Crippen LogP contribution in [0.5, 0.6) is 0 Å². The van der Waals surface area contributed by atoms with Crippen molar-refractivity contribution in [2.45, 2.75) is 39.2 Å². The smallest absolute Gasteiger partial charge is 0.338 e. The molecule has 0 spiro atoms. The molecule has 1 unspecified atom stereocenters. The SMILES string of the molecule is CCOC(=O)C1=C(CN2CCCN(C(=O)c3cccs3)CC2)N(C)C(=O)NC1c1ccc(C(C)C)cc1. The lowest BCUT2D eigenvalue weighted by Gasteiger charge is -2.36. The second-order valence-corrected chi connectivity index (χ2v) is 10.7. The van der Waals surface area contributed by atoms with Crippen LogP contribution in [-0.2, 0) is 9.53 Å². The Kier molecular flexibility index (Phi) is 8.66. The van der Waals surface area contributed by atoms with E-state index in [1.54, 1.807) is 14.0 Å². The van der Waals surface area contributed by atoms with Crippen molar-refractivity contribution in [1.29, 1.82) is 0 Å². The van der Waals surface area contributed by atoms with E-state index in [2.05, 4.69) is 24.1 Å². The van der Waals surface area contributed by atoms with Crippen LogP contribution in [0, 0.1) is 0 Å². The summed E-state index contributed by atoms with van der Waals surface area (Å²) in [6.07, 6.45) is 0.815. The predicted molar refractivity (Wildman–Crippen MR) is 145 cm³/mol. The molecule has 0 radical (unpaired) electrons. The number of thiophene rings is 1. The average molecular weight is 525 g/mol. The first-order valence-electron chi connectivity index (χ1n) is 12.9. The summed E-state index contributed by atoms with van der Waals surface area (Å²) in [5.41, 5.74) is 3.13. The maximum absolute atomic E-state index is 13.3. The Morgan fingerprint density at radius 2 is 1.86 bits per heavy atom. The third kappa shape index (κ3) is 6.05. The van der Waals surface area contributed by atoms with Gasteiger partial charge in [0.05, 0.1) is 23.1 Å². The number of rotatable bonds is 7. The Balaban J connectivity index is 1.61. The Morgan fingerprint density at radius 3 is 2.51 bits per heavy atom. The van der Waals surface area contributed by atoms with E-state index in [4.69, 9.17) is 4.74 Å². The van der Waals surface area contributed by atoms with Crippen molar-refractivity contribution in [3.63, 3.8) is 0 Å². The highest BCUT2D eigenvalue weighted by molar-refractivity contribution is 7.12. The van der Waals surface area contributed by atoms with E-state index in [0.717, 1.165) is 23.4 Å². The van der Waals surface area contributed by atoms with Crippen LogP contribution in [0.25, 0.3) is 0 Å². The number of esters is 1. The molecule has 198 valence electrons. The minimum absolute atomic E-state index is 0.0577. The third-order valence-electron chi connectivity index (χ3n) is 6.99. The standard InChI is InChI=1S/C28H36N4O4S/c1-5-36-27(34)24-22(18-31-13-7-14-32(16-15-31)26(33)23-8-6-17-37-23)30(4)28(35)29-25(24)21-11-9-20(10-12-21)19(2)3/h6,8-12,17,19,25H,5,7,13-16,18H2,1-4H3,(H,29,35). The summed E-state index contributed by atoms with van der Waals surface area (Å²) in [5, 5.41) is 4.91. The van der Waals surface area contributed by atoms with Gasteiger partial charge in [-0.1, -0.05) is 44.2 Å². The fourth-order valence-electron chi connectivity index (χ4n) is 4.82. The number of urea groups is 1. The summed E-state index contributed by atoms with van der Waals surface area (Å²) in [4.78, 5) is 45.5. The zero-order valence-electron chi connectivity index (χ0n) is 22.0. The fraction of sp³-hybridized carbons (Fsp3) is 0.464. The first-order chi connectivity index (χ1) is 17.8. The zero-order valence-corrected chi connectivity index (χ0v) is 22.8. The van der Waals surface area contributed by atoms with Crippen molar-refractivity contribution in [3.8, 4) is 0 Å². The summed E-state index contributed by atoms with van der Waals surface area (Å²) < 4.78 is 5.47. The Morgan fingerprint density at radius 1 is 1.11 bits per heavy atom. The van der Waals surface area contributed by atoms with Crippen LogP contribution >= 0.6 is 11.3 Å². The highest BCUT2D eigenvalue weighted by atomic mass is 32.1. The van der Waals surface area contributed by atoms with E-state index in [-0.39, 0.29) is 18.5 Å². The summed E-state index contributed by atoms with van der Waals surface area (Å²) in [6.45, 7) is 9.39. The molecular formula is C28H36N4O4S. The molecule has 2 aliphatic rings. The van der Waals surface area contributed by atoms with Gasteiger partial charge >= 0.3 is 12.0 Å². The van der Waals surface area contributed by atoms with Crippen LogP contribution in [0.2, 0.25) is 0 Å². The van der Waals surface area contributed by atoms with Crippen LogP contribution in [0.3, 0.4) is 0 Å². The van der Waals surface area contributed by atoms with Gasteiger partial charge < -0.3 is 15.0 Å². The largest absolute Gasteiger partial charge is 0.463 e. The molecule has 9 heteroatoms. The molecule has 37 heavy (non-hydrogen) atoms. The molecule has 1 N–H and O–H groups in total. The predicted octanol–water partition coefficient (Wildman–Crippen LogP) is 4.23. The van der Waals surface area contributed by atoms with Gasteiger partial charge in [-0.2, -0.15) is 0 Å². The number of ether oxygens (including phenoxy) is 1. The summed E-state index contributed by atoms with van der Waals surface area (Å²) in [7, 11) is 1.69. The summed E-state index contributed by atoms with van der Waals surface area (Å²) >= 11 is 1.46. The lowest BCUT2D eigenvalue weighted by Crippen LogP contribution is -2.49. The lowest BCUT2D eigenvalue weighted by atomic mass is 9.92. The first kappa shape index (κ1) is 26.9. The quantitative estimate of drug-likeness (QED) is 0.548. The number of carbonyl (C=O) groups is 3. The molecule has 2 aliphatic heterocycles. The molecule has 0 bridgehead atoms. The molecule has 1 saturated heterocycles. The van der Waals surface area contributed by atoms with Crippen molar-refractivity contribution in [1.82, 2.24) is 20.0 Å². The van der Waals surface area contributed by atoms with E-state index >= 15 is 0 Å². The van der Waals surface area contributed by atoms with Gasteiger partial charge in [-0.15, -0.1) is 11.3 Å². The molecule has 3 amide bonds. The molecule has 4 rings (SSSR count). The van der Waals surface area contributed by atoms with Crippen molar-refractivity contribution >= 4 is 29.2 Å². The van der Waals surface area contributed by atoms with E-state index in [1.165, 1.54) is 21.8 Å². The van der Waals surface area contributed by atoms with Gasteiger partial charge in [-0.25, -0.2) is 9.59 Å². The van der Waals surface area contributed by atoms with Crippen LogP contribution in [0.4, 0.5) is 4.79 Å².